The van der Waals surface area contributed by atoms with Crippen molar-refractivity contribution in [1.29, 1.82) is 5.26 Å². The first-order valence-corrected chi connectivity index (χ1v) is 7.78. The fourth-order valence-electron chi connectivity index (χ4n) is 2.86. The van der Waals surface area contributed by atoms with Gasteiger partial charge in [-0.1, -0.05) is 0 Å². The van der Waals surface area contributed by atoms with E-state index in [2.05, 4.69) is 15.1 Å². The van der Waals surface area contributed by atoms with Gasteiger partial charge in [-0.05, 0) is 37.6 Å². The molecule has 3 rings (SSSR count). The second-order valence-corrected chi connectivity index (χ2v) is 5.76. The summed E-state index contributed by atoms with van der Waals surface area (Å²) < 4.78 is 28.4. The van der Waals surface area contributed by atoms with Crippen molar-refractivity contribution >= 4 is 11.5 Å². The molecule has 2 heterocycles. The van der Waals surface area contributed by atoms with Crippen LogP contribution in [0.4, 0.5) is 20.3 Å². The van der Waals surface area contributed by atoms with E-state index in [1.165, 1.54) is 0 Å². The zero-order valence-corrected chi connectivity index (χ0v) is 13.3. The van der Waals surface area contributed by atoms with Crippen LogP contribution in [0, 0.1) is 29.9 Å². The largest absolute Gasteiger partial charge is 0.365 e. The van der Waals surface area contributed by atoms with E-state index in [0.29, 0.717) is 19.6 Å². The lowest BCUT2D eigenvalue weighted by Crippen LogP contribution is -2.32. The van der Waals surface area contributed by atoms with Gasteiger partial charge in [-0.15, -0.1) is 5.10 Å². The van der Waals surface area contributed by atoms with Crippen LogP contribution in [0.15, 0.2) is 24.3 Å². The molecule has 1 saturated heterocycles. The molecular formula is C17H17F2N5. The van der Waals surface area contributed by atoms with Crippen molar-refractivity contribution in [3.8, 4) is 6.07 Å². The quantitative estimate of drug-likeness (QED) is 0.848. The molecule has 1 aromatic heterocycles. The predicted molar refractivity (Wildman–Crippen MR) is 86.9 cm³/mol. The topological polar surface area (TPSA) is 56.0 Å². The number of aryl methyl sites for hydroxylation is 1. The zero-order chi connectivity index (χ0) is 17.1. The number of aromatic nitrogens is 2. The molecule has 0 radical (unpaired) electrons. The number of benzene rings is 1. The minimum Gasteiger partial charge on any atom is -0.365 e. The molecule has 7 heteroatoms. The molecule has 0 spiro atoms. The van der Waals surface area contributed by atoms with Gasteiger partial charge in [0.2, 0.25) is 0 Å². The number of halogens is 2. The highest BCUT2D eigenvalue weighted by Crippen LogP contribution is 2.26. The Morgan fingerprint density at radius 3 is 2.29 bits per heavy atom. The average molecular weight is 329 g/mol. The number of hydrogen-bond acceptors (Lipinski definition) is 5. The molecule has 24 heavy (non-hydrogen) atoms. The van der Waals surface area contributed by atoms with Gasteiger partial charge in [0, 0.05) is 26.2 Å². The van der Waals surface area contributed by atoms with E-state index in [1.54, 1.807) is 11.0 Å². The monoisotopic (exact) mass is 329 g/mol. The van der Waals surface area contributed by atoms with Crippen LogP contribution in [0.5, 0.6) is 0 Å². The Labute approximate surface area is 139 Å². The highest BCUT2D eigenvalue weighted by atomic mass is 19.1. The molecule has 2 aromatic rings. The van der Waals surface area contributed by atoms with Crippen molar-refractivity contribution in [2.75, 3.05) is 36.0 Å². The van der Waals surface area contributed by atoms with Crippen molar-refractivity contribution in [1.82, 2.24) is 10.2 Å². The maximum atomic E-state index is 14.2. The van der Waals surface area contributed by atoms with Crippen LogP contribution in [0.25, 0.3) is 0 Å². The predicted octanol–water partition coefficient (Wildman–Crippen LogP) is 2.65. The number of rotatable bonds is 2. The Morgan fingerprint density at radius 2 is 1.67 bits per heavy atom. The van der Waals surface area contributed by atoms with E-state index in [0.717, 1.165) is 36.6 Å². The van der Waals surface area contributed by atoms with Crippen molar-refractivity contribution in [3.63, 3.8) is 0 Å². The summed E-state index contributed by atoms with van der Waals surface area (Å²) in [5.74, 6) is -0.631. The first-order valence-electron chi connectivity index (χ1n) is 7.78. The molecule has 124 valence electrons. The third-order valence-corrected chi connectivity index (χ3v) is 4.07. The van der Waals surface area contributed by atoms with Crippen molar-refractivity contribution in [2.45, 2.75) is 13.3 Å². The van der Waals surface area contributed by atoms with Gasteiger partial charge in [0.05, 0.1) is 17.3 Å². The van der Waals surface area contributed by atoms with Crippen LogP contribution in [-0.2, 0) is 0 Å². The Morgan fingerprint density at radius 1 is 1.00 bits per heavy atom. The Bertz CT molecular complexity index is 747. The van der Waals surface area contributed by atoms with Gasteiger partial charge in [0.15, 0.2) is 17.5 Å². The molecule has 0 unspecified atom stereocenters. The summed E-state index contributed by atoms with van der Waals surface area (Å²) in [6, 6.07) is 7.71. The SMILES string of the molecule is Cc1ccc(N2CCCN(c3c(F)cc(C#N)cc3F)CC2)nn1. The molecule has 0 saturated carbocycles. The van der Waals surface area contributed by atoms with E-state index in [1.807, 2.05) is 19.1 Å². The molecule has 1 aromatic carbocycles. The Hall–Kier alpha value is -2.75. The highest BCUT2D eigenvalue weighted by Gasteiger charge is 2.22. The average Bonchev–Trinajstić information content (AvgIpc) is 2.81. The molecule has 1 aliphatic rings. The summed E-state index contributed by atoms with van der Waals surface area (Å²) in [7, 11) is 0. The smallest absolute Gasteiger partial charge is 0.151 e. The molecule has 1 aliphatic heterocycles. The summed E-state index contributed by atoms with van der Waals surface area (Å²) in [6.07, 6.45) is 0.744. The zero-order valence-electron chi connectivity index (χ0n) is 13.3. The summed E-state index contributed by atoms with van der Waals surface area (Å²) in [5.41, 5.74) is 0.767. The number of nitriles is 1. The molecule has 0 N–H and O–H groups in total. The van der Waals surface area contributed by atoms with Crippen LogP contribution in [-0.4, -0.2) is 36.4 Å². The number of nitrogens with zero attached hydrogens (tertiary/aromatic N) is 5. The van der Waals surface area contributed by atoms with Gasteiger partial charge in [-0.2, -0.15) is 10.4 Å². The Kier molecular flexibility index (Phi) is 4.56. The second-order valence-electron chi connectivity index (χ2n) is 5.76. The van der Waals surface area contributed by atoms with Crippen LogP contribution in [0.2, 0.25) is 0 Å². The van der Waals surface area contributed by atoms with Gasteiger partial charge < -0.3 is 9.80 Å². The fourth-order valence-corrected chi connectivity index (χ4v) is 2.86. The van der Waals surface area contributed by atoms with E-state index in [4.69, 9.17) is 5.26 Å². The Balaban J connectivity index is 1.79. The van der Waals surface area contributed by atoms with Crippen LogP contribution in [0.3, 0.4) is 0 Å². The lowest BCUT2D eigenvalue weighted by Gasteiger charge is -2.24. The van der Waals surface area contributed by atoms with Crippen LogP contribution >= 0.6 is 0 Å². The van der Waals surface area contributed by atoms with Crippen LogP contribution in [0.1, 0.15) is 17.7 Å². The number of anilines is 2. The van der Waals surface area contributed by atoms with Crippen molar-refractivity contribution < 1.29 is 8.78 Å². The van der Waals surface area contributed by atoms with Gasteiger partial charge in [0.25, 0.3) is 0 Å². The van der Waals surface area contributed by atoms with Crippen molar-refractivity contribution in [3.05, 3.63) is 47.2 Å². The van der Waals surface area contributed by atoms with E-state index < -0.39 is 11.6 Å². The fraction of sp³-hybridized carbons (Fsp3) is 0.353. The summed E-state index contributed by atoms with van der Waals surface area (Å²) in [6.45, 7) is 4.21. The summed E-state index contributed by atoms with van der Waals surface area (Å²) in [5, 5.41) is 17.0. The lowest BCUT2D eigenvalue weighted by molar-refractivity contribution is 0.571. The van der Waals surface area contributed by atoms with E-state index in [-0.39, 0.29) is 11.3 Å². The van der Waals surface area contributed by atoms with E-state index >= 15 is 0 Å². The molecule has 0 aliphatic carbocycles. The first-order chi connectivity index (χ1) is 11.6. The second kappa shape index (κ2) is 6.79. The minimum atomic E-state index is -0.699. The third-order valence-electron chi connectivity index (χ3n) is 4.07. The maximum Gasteiger partial charge on any atom is 0.151 e. The first kappa shape index (κ1) is 16.1. The third kappa shape index (κ3) is 3.27. The summed E-state index contributed by atoms with van der Waals surface area (Å²) >= 11 is 0. The van der Waals surface area contributed by atoms with Crippen LogP contribution < -0.4 is 9.80 Å². The molecule has 0 amide bonds. The van der Waals surface area contributed by atoms with Gasteiger partial charge in [0.1, 0.15) is 5.69 Å². The summed E-state index contributed by atoms with van der Waals surface area (Å²) in [4.78, 5) is 3.75. The molecular weight excluding hydrogens is 312 g/mol. The number of hydrogen-bond donors (Lipinski definition) is 0. The van der Waals surface area contributed by atoms with Gasteiger partial charge in [-0.3, -0.25) is 0 Å². The lowest BCUT2D eigenvalue weighted by atomic mass is 10.2. The van der Waals surface area contributed by atoms with E-state index in [9.17, 15) is 8.78 Å². The maximum absolute atomic E-state index is 14.2. The molecule has 1 fully saturated rings. The van der Waals surface area contributed by atoms with Gasteiger partial charge in [-0.25, -0.2) is 8.78 Å². The van der Waals surface area contributed by atoms with Gasteiger partial charge >= 0.3 is 0 Å². The van der Waals surface area contributed by atoms with Crippen molar-refractivity contribution in [2.24, 2.45) is 0 Å². The normalized spacial score (nSPS) is 15.1. The standard InChI is InChI=1S/C17H17F2N5/c1-12-3-4-16(22-21-12)23-5-2-6-24(8-7-23)17-14(18)9-13(11-20)10-15(17)19/h3-4,9-10H,2,5-8H2,1H3. The molecule has 0 bridgehead atoms. The molecule has 5 nitrogen and oxygen atoms in total. The minimum absolute atomic E-state index is 0.0138. The highest BCUT2D eigenvalue weighted by molar-refractivity contribution is 5.53. The molecule has 0 atom stereocenters.